The molecule has 1 aliphatic heterocycles. The van der Waals surface area contributed by atoms with Crippen LogP contribution in [-0.4, -0.2) is 29.4 Å². The molecular formula is C15H26BNO3S. The zero-order valence-electron chi connectivity index (χ0n) is 14.3. The fourth-order valence-corrected chi connectivity index (χ4v) is 3.17. The van der Waals surface area contributed by atoms with Gasteiger partial charge in [-0.15, -0.1) is 0 Å². The van der Waals surface area contributed by atoms with Crippen molar-refractivity contribution >= 4 is 24.0 Å². The average molecular weight is 311 g/mol. The van der Waals surface area contributed by atoms with Crippen LogP contribution < -0.4 is 10.3 Å². The Morgan fingerprint density at radius 2 is 1.57 bits per heavy atom. The maximum Gasteiger partial charge on any atom is 0.515 e. The average Bonchev–Trinajstić information content (AvgIpc) is 2.78. The quantitative estimate of drug-likeness (QED) is 0.800. The first-order chi connectivity index (χ1) is 9.53. The fourth-order valence-electron chi connectivity index (χ4n) is 2.11. The summed E-state index contributed by atoms with van der Waals surface area (Å²) in [5, 5.41) is 0.693. The van der Waals surface area contributed by atoms with Crippen LogP contribution in [0, 0.1) is 0 Å². The molecule has 118 valence electrons. The van der Waals surface area contributed by atoms with Crippen molar-refractivity contribution in [2.24, 2.45) is 0 Å². The molecular weight excluding hydrogens is 285 g/mol. The van der Waals surface area contributed by atoms with E-state index < -0.39 is 7.12 Å². The summed E-state index contributed by atoms with van der Waals surface area (Å²) >= 11 is 1.59. The predicted octanol–water partition coefficient (Wildman–Crippen LogP) is 3.35. The van der Waals surface area contributed by atoms with Gasteiger partial charge >= 0.3 is 7.12 Å². The molecule has 4 nitrogen and oxygen atoms in total. The number of aromatic nitrogens is 1. The number of rotatable bonds is 4. The van der Waals surface area contributed by atoms with Gasteiger partial charge in [0.2, 0.25) is 0 Å². The summed E-state index contributed by atoms with van der Waals surface area (Å²) in [5.74, 6) is 0.362. The van der Waals surface area contributed by atoms with Gasteiger partial charge in [-0.05, 0) is 47.5 Å². The Hall–Kier alpha value is -0.585. The van der Waals surface area contributed by atoms with E-state index in [1.165, 1.54) is 4.88 Å². The van der Waals surface area contributed by atoms with Gasteiger partial charge in [-0.2, -0.15) is 0 Å². The molecule has 2 rings (SSSR count). The largest absolute Gasteiger partial charge is 0.515 e. The third kappa shape index (κ3) is 3.27. The van der Waals surface area contributed by atoms with Crippen molar-refractivity contribution in [3.8, 4) is 5.19 Å². The van der Waals surface area contributed by atoms with Crippen LogP contribution in [0.2, 0.25) is 0 Å². The second-order valence-electron chi connectivity index (χ2n) is 7.14. The topological polar surface area (TPSA) is 40.6 Å². The number of nitrogens with zero attached hydrogens (tertiary/aromatic N) is 1. The minimum Gasteiger partial charge on any atom is -0.467 e. The summed E-state index contributed by atoms with van der Waals surface area (Å²) < 4.78 is 18.0. The molecule has 0 bridgehead atoms. The monoisotopic (exact) mass is 311 g/mol. The van der Waals surface area contributed by atoms with Crippen LogP contribution in [-0.2, 0) is 9.31 Å². The van der Waals surface area contributed by atoms with E-state index in [-0.39, 0.29) is 17.3 Å². The van der Waals surface area contributed by atoms with Gasteiger partial charge < -0.3 is 14.0 Å². The number of ether oxygens (including phenoxy) is 1. The maximum atomic E-state index is 6.13. The molecule has 0 aliphatic carbocycles. The lowest BCUT2D eigenvalue weighted by Gasteiger charge is -2.32. The van der Waals surface area contributed by atoms with Crippen molar-refractivity contribution in [2.75, 3.05) is 0 Å². The zero-order valence-corrected chi connectivity index (χ0v) is 15.1. The van der Waals surface area contributed by atoms with Crippen LogP contribution in [0.5, 0.6) is 5.19 Å². The molecule has 21 heavy (non-hydrogen) atoms. The minimum absolute atomic E-state index is 0.113. The summed E-state index contributed by atoms with van der Waals surface area (Å²) in [5.41, 5.74) is 0.160. The van der Waals surface area contributed by atoms with Crippen LogP contribution in [0.4, 0.5) is 0 Å². The summed E-state index contributed by atoms with van der Waals surface area (Å²) in [4.78, 5) is 5.80. The van der Waals surface area contributed by atoms with E-state index in [0.717, 1.165) is 5.59 Å². The van der Waals surface area contributed by atoms with E-state index in [4.69, 9.17) is 14.0 Å². The molecule has 0 saturated carbocycles. The molecule has 1 aromatic rings. The van der Waals surface area contributed by atoms with Crippen molar-refractivity contribution in [3.05, 3.63) is 4.88 Å². The lowest BCUT2D eigenvalue weighted by molar-refractivity contribution is 0.00578. The van der Waals surface area contributed by atoms with Crippen LogP contribution in [0.1, 0.15) is 66.2 Å². The number of hydrogen-bond donors (Lipinski definition) is 0. The van der Waals surface area contributed by atoms with Crippen molar-refractivity contribution in [2.45, 2.75) is 78.6 Å². The number of hydrogen-bond acceptors (Lipinski definition) is 5. The Morgan fingerprint density at radius 1 is 1.05 bits per heavy atom. The molecule has 0 spiro atoms. The van der Waals surface area contributed by atoms with Gasteiger partial charge in [-0.1, -0.05) is 25.2 Å². The normalized spacial score (nSPS) is 20.6. The van der Waals surface area contributed by atoms with E-state index >= 15 is 0 Å². The third-order valence-corrected chi connectivity index (χ3v) is 5.26. The van der Waals surface area contributed by atoms with Crippen molar-refractivity contribution in [3.63, 3.8) is 0 Å². The van der Waals surface area contributed by atoms with E-state index in [0.29, 0.717) is 11.1 Å². The second-order valence-corrected chi connectivity index (χ2v) is 8.13. The molecule has 1 aromatic heterocycles. The minimum atomic E-state index is -0.423. The highest BCUT2D eigenvalue weighted by atomic mass is 32.1. The van der Waals surface area contributed by atoms with Gasteiger partial charge in [-0.3, -0.25) is 0 Å². The summed E-state index contributed by atoms with van der Waals surface area (Å²) in [7, 11) is -0.423. The number of thiazole rings is 1. The van der Waals surface area contributed by atoms with Crippen LogP contribution in [0.15, 0.2) is 0 Å². The highest BCUT2D eigenvalue weighted by molar-refractivity contribution is 7.14. The molecule has 0 unspecified atom stereocenters. The Balaban J connectivity index is 2.33. The maximum absolute atomic E-state index is 6.13. The first kappa shape index (κ1) is 16.8. The van der Waals surface area contributed by atoms with E-state index in [9.17, 15) is 0 Å². The van der Waals surface area contributed by atoms with Crippen molar-refractivity contribution in [1.29, 1.82) is 0 Å². The molecule has 0 aromatic carbocycles. The lowest BCUT2D eigenvalue weighted by atomic mass is 9.82. The van der Waals surface area contributed by atoms with E-state index in [2.05, 4.69) is 46.5 Å². The molecule has 0 N–H and O–H groups in total. The first-order valence-corrected chi connectivity index (χ1v) is 8.38. The van der Waals surface area contributed by atoms with Crippen LogP contribution >= 0.6 is 11.3 Å². The van der Waals surface area contributed by atoms with Gasteiger partial charge in [0.05, 0.1) is 22.9 Å². The molecule has 6 heteroatoms. The first-order valence-electron chi connectivity index (χ1n) is 7.56. The second kappa shape index (κ2) is 5.56. The Kier molecular flexibility index (Phi) is 4.44. The highest BCUT2D eigenvalue weighted by Gasteiger charge is 2.53. The predicted molar refractivity (Wildman–Crippen MR) is 87.7 cm³/mol. The SMILES string of the molecule is CC(C)Oc1nc(B2OC(C)(C)C(C)(C)O2)c(C(C)C)s1. The smallest absolute Gasteiger partial charge is 0.467 e. The molecule has 0 radical (unpaired) electrons. The third-order valence-electron chi connectivity index (χ3n) is 4.00. The van der Waals surface area contributed by atoms with Gasteiger partial charge in [0.15, 0.2) is 0 Å². The van der Waals surface area contributed by atoms with Gasteiger partial charge in [-0.25, -0.2) is 4.98 Å². The van der Waals surface area contributed by atoms with Crippen LogP contribution in [0.25, 0.3) is 0 Å². The Labute approximate surface area is 132 Å². The Morgan fingerprint density at radius 3 is 2.00 bits per heavy atom. The van der Waals surface area contributed by atoms with Gasteiger partial charge in [0, 0.05) is 4.88 Å². The Bertz CT molecular complexity index is 495. The molecule has 1 aliphatic rings. The molecule has 0 amide bonds. The standard InChI is InChI=1S/C15H26BNO3S/c1-9(2)11-12(17-13(21-11)18-10(3)4)16-19-14(5,6)15(7,8)20-16/h9-10H,1-8H3. The lowest BCUT2D eigenvalue weighted by Crippen LogP contribution is -2.41. The molecule has 1 saturated heterocycles. The molecule has 0 atom stereocenters. The van der Waals surface area contributed by atoms with Crippen molar-refractivity contribution < 1.29 is 14.0 Å². The summed E-state index contributed by atoms with van der Waals surface area (Å²) in [6, 6.07) is 0. The fraction of sp³-hybridized carbons (Fsp3) is 0.800. The van der Waals surface area contributed by atoms with Gasteiger partial charge in [0.1, 0.15) is 0 Å². The van der Waals surface area contributed by atoms with E-state index in [1.54, 1.807) is 11.3 Å². The van der Waals surface area contributed by atoms with Gasteiger partial charge in [0.25, 0.3) is 5.19 Å². The summed E-state index contributed by atoms with van der Waals surface area (Å²) in [6.07, 6.45) is 0.113. The van der Waals surface area contributed by atoms with Crippen LogP contribution in [0.3, 0.4) is 0 Å². The summed E-state index contributed by atoms with van der Waals surface area (Å²) in [6.45, 7) is 16.5. The highest BCUT2D eigenvalue weighted by Crippen LogP contribution is 2.38. The van der Waals surface area contributed by atoms with Crippen molar-refractivity contribution in [1.82, 2.24) is 4.98 Å². The van der Waals surface area contributed by atoms with E-state index in [1.807, 2.05) is 13.8 Å². The zero-order chi connectivity index (χ0) is 16.0. The molecule has 2 heterocycles. The molecule has 1 fully saturated rings.